The standard InChI is InChI=1S/C11H13Cl2NO2/c1-7-4-10(16-3)9(5-8(7)13)14(2)11(15)6-12/h4-5H,6H2,1-3H3. The van der Waals surface area contributed by atoms with Gasteiger partial charge in [0.2, 0.25) is 5.91 Å². The molecule has 0 saturated carbocycles. The molecule has 0 atom stereocenters. The highest BCUT2D eigenvalue weighted by atomic mass is 35.5. The maximum atomic E-state index is 11.5. The van der Waals surface area contributed by atoms with Crippen LogP contribution in [0.4, 0.5) is 5.69 Å². The third kappa shape index (κ3) is 2.60. The first-order valence-electron chi connectivity index (χ1n) is 4.68. The van der Waals surface area contributed by atoms with E-state index in [1.807, 2.05) is 6.92 Å². The van der Waals surface area contributed by atoms with Crippen molar-refractivity contribution in [1.82, 2.24) is 0 Å². The molecule has 0 aliphatic heterocycles. The van der Waals surface area contributed by atoms with Crippen LogP contribution in [0.3, 0.4) is 0 Å². The van der Waals surface area contributed by atoms with Crippen LogP contribution in [-0.4, -0.2) is 25.9 Å². The van der Waals surface area contributed by atoms with Gasteiger partial charge in [0.15, 0.2) is 0 Å². The summed E-state index contributed by atoms with van der Waals surface area (Å²) in [5, 5.41) is 0.588. The fourth-order valence-corrected chi connectivity index (χ4v) is 1.63. The van der Waals surface area contributed by atoms with Crippen LogP contribution in [0.2, 0.25) is 5.02 Å². The highest BCUT2D eigenvalue weighted by Gasteiger charge is 2.15. The van der Waals surface area contributed by atoms with Crippen LogP contribution in [0, 0.1) is 6.92 Å². The second-order valence-electron chi connectivity index (χ2n) is 3.36. The summed E-state index contributed by atoms with van der Waals surface area (Å²) in [6.07, 6.45) is 0. The molecule has 88 valence electrons. The molecule has 16 heavy (non-hydrogen) atoms. The van der Waals surface area contributed by atoms with E-state index in [0.29, 0.717) is 16.5 Å². The third-order valence-corrected chi connectivity index (χ3v) is 2.95. The Morgan fingerprint density at radius 3 is 2.62 bits per heavy atom. The SMILES string of the molecule is COc1cc(C)c(Cl)cc1N(C)C(=O)CCl. The minimum atomic E-state index is -0.208. The fraction of sp³-hybridized carbons (Fsp3) is 0.364. The van der Waals surface area contributed by atoms with Gasteiger partial charge in [0.1, 0.15) is 11.6 Å². The Kier molecular flexibility index (Phi) is 4.44. The third-order valence-electron chi connectivity index (χ3n) is 2.31. The first-order valence-corrected chi connectivity index (χ1v) is 5.59. The summed E-state index contributed by atoms with van der Waals surface area (Å²) in [7, 11) is 3.18. The molecule has 0 N–H and O–H groups in total. The van der Waals surface area contributed by atoms with Crippen molar-refractivity contribution in [3.63, 3.8) is 0 Å². The average Bonchev–Trinajstić information content (AvgIpc) is 2.30. The Labute approximate surface area is 105 Å². The molecule has 0 heterocycles. The first-order chi connectivity index (χ1) is 7.51. The minimum Gasteiger partial charge on any atom is -0.495 e. The number of rotatable bonds is 3. The lowest BCUT2D eigenvalue weighted by atomic mass is 10.2. The Balaban J connectivity index is 3.21. The van der Waals surface area contributed by atoms with Crippen LogP contribution < -0.4 is 9.64 Å². The van der Waals surface area contributed by atoms with Crippen molar-refractivity contribution in [3.8, 4) is 5.75 Å². The molecule has 0 aromatic heterocycles. The number of methoxy groups -OCH3 is 1. The van der Waals surface area contributed by atoms with Gasteiger partial charge in [0.05, 0.1) is 12.8 Å². The predicted octanol–water partition coefficient (Wildman–Crippen LogP) is 2.86. The molecule has 0 aliphatic rings. The lowest BCUT2D eigenvalue weighted by molar-refractivity contribution is -0.116. The monoisotopic (exact) mass is 261 g/mol. The molecule has 0 saturated heterocycles. The summed E-state index contributed by atoms with van der Waals surface area (Å²) in [6, 6.07) is 3.48. The molecule has 0 radical (unpaired) electrons. The van der Waals surface area contributed by atoms with E-state index in [1.54, 1.807) is 26.3 Å². The number of benzene rings is 1. The van der Waals surface area contributed by atoms with Crippen molar-refractivity contribution < 1.29 is 9.53 Å². The van der Waals surface area contributed by atoms with Crippen molar-refractivity contribution in [2.24, 2.45) is 0 Å². The van der Waals surface area contributed by atoms with Gasteiger partial charge in [-0.15, -0.1) is 11.6 Å². The number of ether oxygens (including phenoxy) is 1. The van der Waals surface area contributed by atoms with Gasteiger partial charge in [-0.05, 0) is 24.6 Å². The molecular weight excluding hydrogens is 249 g/mol. The molecule has 0 bridgehead atoms. The Morgan fingerprint density at radius 1 is 1.50 bits per heavy atom. The first kappa shape index (κ1) is 13.1. The number of carbonyl (C=O) groups is 1. The van der Waals surface area contributed by atoms with E-state index in [2.05, 4.69) is 0 Å². The van der Waals surface area contributed by atoms with Gasteiger partial charge < -0.3 is 9.64 Å². The average molecular weight is 262 g/mol. The van der Waals surface area contributed by atoms with Crippen molar-refractivity contribution in [2.75, 3.05) is 24.9 Å². The second kappa shape index (κ2) is 5.41. The second-order valence-corrected chi connectivity index (χ2v) is 4.03. The summed E-state index contributed by atoms with van der Waals surface area (Å²) in [4.78, 5) is 12.9. The summed E-state index contributed by atoms with van der Waals surface area (Å²) < 4.78 is 5.20. The zero-order valence-electron chi connectivity index (χ0n) is 9.38. The summed E-state index contributed by atoms with van der Waals surface area (Å²) >= 11 is 11.5. The van der Waals surface area contributed by atoms with Crippen LogP contribution in [0.15, 0.2) is 12.1 Å². The van der Waals surface area contributed by atoms with Crippen molar-refractivity contribution in [1.29, 1.82) is 0 Å². The van der Waals surface area contributed by atoms with E-state index >= 15 is 0 Å². The van der Waals surface area contributed by atoms with Gasteiger partial charge in [-0.25, -0.2) is 0 Å². The Morgan fingerprint density at radius 2 is 2.12 bits per heavy atom. The van der Waals surface area contributed by atoms with Crippen LogP contribution in [0.5, 0.6) is 5.75 Å². The number of carbonyl (C=O) groups excluding carboxylic acids is 1. The van der Waals surface area contributed by atoms with Crippen molar-refractivity contribution >= 4 is 34.8 Å². The van der Waals surface area contributed by atoms with Crippen molar-refractivity contribution in [2.45, 2.75) is 6.92 Å². The zero-order valence-corrected chi connectivity index (χ0v) is 10.9. The quantitative estimate of drug-likeness (QED) is 0.784. The molecule has 3 nitrogen and oxygen atoms in total. The maximum Gasteiger partial charge on any atom is 0.241 e. The van der Waals surface area contributed by atoms with Gasteiger partial charge in [-0.2, -0.15) is 0 Å². The largest absolute Gasteiger partial charge is 0.495 e. The van der Waals surface area contributed by atoms with Crippen LogP contribution in [-0.2, 0) is 4.79 Å². The van der Waals surface area contributed by atoms with Gasteiger partial charge >= 0.3 is 0 Å². The smallest absolute Gasteiger partial charge is 0.241 e. The van der Waals surface area contributed by atoms with Gasteiger partial charge in [0, 0.05) is 12.1 Å². The van der Waals surface area contributed by atoms with E-state index < -0.39 is 0 Å². The van der Waals surface area contributed by atoms with Crippen molar-refractivity contribution in [3.05, 3.63) is 22.7 Å². The van der Waals surface area contributed by atoms with Gasteiger partial charge in [-0.1, -0.05) is 11.6 Å². The number of alkyl halides is 1. The van der Waals surface area contributed by atoms with E-state index in [-0.39, 0.29) is 11.8 Å². The highest BCUT2D eigenvalue weighted by Crippen LogP contribution is 2.33. The van der Waals surface area contributed by atoms with E-state index in [0.717, 1.165) is 5.56 Å². The number of hydrogen-bond donors (Lipinski definition) is 0. The molecule has 1 aromatic rings. The Hall–Kier alpha value is -0.930. The van der Waals surface area contributed by atoms with E-state index in [4.69, 9.17) is 27.9 Å². The normalized spacial score (nSPS) is 10.1. The molecule has 1 aromatic carbocycles. The lowest BCUT2D eigenvalue weighted by Crippen LogP contribution is -2.27. The number of aryl methyl sites for hydroxylation is 1. The molecule has 1 rings (SSSR count). The topological polar surface area (TPSA) is 29.5 Å². The summed E-state index contributed by atoms with van der Waals surface area (Å²) in [6.45, 7) is 1.87. The van der Waals surface area contributed by atoms with Gasteiger partial charge in [0.25, 0.3) is 0 Å². The predicted molar refractivity (Wildman–Crippen MR) is 66.9 cm³/mol. The van der Waals surface area contributed by atoms with Crippen LogP contribution >= 0.6 is 23.2 Å². The number of hydrogen-bond acceptors (Lipinski definition) is 2. The molecule has 0 aliphatic carbocycles. The molecule has 5 heteroatoms. The molecular formula is C11H13Cl2NO2. The number of halogens is 2. The van der Waals surface area contributed by atoms with Gasteiger partial charge in [-0.3, -0.25) is 4.79 Å². The molecule has 0 unspecified atom stereocenters. The molecule has 0 spiro atoms. The zero-order chi connectivity index (χ0) is 12.3. The Bertz CT molecular complexity index is 407. The molecule has 1 amide bonds. The van der Waals surface area contributed by atoms with Crippen LogP contribution in [0.25, 0.3) is 0 Å². The number of nitrogens with zero attached hydrogens (tertiary/aromatic N) is 1. The summed E-state index contributed by atoms with van der Waals surface area (Å²) in [5.41, 5.74) is 1.51. The maximum absolute atomic E-state index is 11.5. The minimum absolute atomic E-state index is 0.0782. The summed E-state index contributed by atoms with van der Waals surface area (Å²) in [5.74, 6) is 0.313. The van der Waals surface area contributed by atoms with E-state index in [9.17, 15) is 4.79 Å². The number of amides is 1. The fourth-order valence-electron chi connectivity index (χ4n) is 1.29. The lowest BCUT2D eigenvalue weighted by Gasteiger charge is -2.20. The highest BCUT2D eigenvalue weighted by molar-refractivity contribution is 6.32. The van der Waals surface area contributed by atoms with E-state index in [1.165, 1.54) is 4.90 Å². The molecule has 0 fully saturated rings. The van der Waals surface area contributed by atoms with Crippen LogP contribution in [0.1, 0.15) is 5.56 Å². The number of anilines is 1.